The third-order valence-electron chi connectivity index (χ3n) is 7.07. The first kappa shape index (κ1) is 20.3. The van der Waals surface area contributed by atoms with Crippen molar-refractivity contribution in [3.63, 3.8) is 0 Å². The largest absolute Gasteiger partial charge is 0.369 e. The van der Waals surface area contributed by atoms with Gasteiger partial charge < -0.3 is 4.90 Å². The maximum absolute atomic E-state index is 4.99. The lowest BCUT2D eigenvalue weighted by atomic mass is 9.99. The summed E-state index contributed by atoms with van der Waals surface area (Å²) in [5.74, 6) is 0. The average molecular weight is 436 g/mol. The topological polar surface area (TPSA) is 44.1 Å². The fourth-order valence-corrected chi connectivity index (χ4v) is 5.11. The molecule has 0 N–H and O–H groups in total. The van der Waals surface area contributed by atoms with Crippen molar-refractivity contribution < 1.29 is 0 Å². The summed E-state index contributed by atoms with van der Waals surface area (Å²) in [6.07, 6.45) is 3.55. The standard InChI is InChI=1S/C28H29N5/c1-19(2)32-11-13-33(14-12-32)23-7-9-25-22(16-23)17-27(30-25)20-6-8-24-21(15-20)18-28(31-24)26-5-3-4-10-29-26/h3-10,15-16,19H,11-14,17-18H2,1-2H3. The zero-order valence-electron chi connectivity index (χ0n) is 19.3. The fourth-order valence-electron chi connectivity index (χ4n) is 5.11. The normalized spacial score (nSPS) is 17.7. The molecule has 0 atom stereocenters. The molecule has 0 spiro atoms. The van der Waals surface area contributed by atoms with E-state index < -0.39 is 0 Å². The summed E-state index contributed by atoms with van der Waals surface area (Å²) >= 11 is 0. The molecule has 1 fully saturated rings. The van der Waals surface area contributed by atoms with Gasteiger partial charge in [-0.25, -0.2) is 0 Å². The summed E-state index contributed by atoms with van der Waals surface area (Å²) < 4.78 is 0. The Hall–Kier alpha value is -3.31. The lowest BCUT2D eigenvalue weighted by molar-refractivity contribution is 0.209. The molecule has 1 aromatic heterocycles. The van der Waals surface area contributed by atoms with Crippen molar-refractivity contribution in [2.45, 2.75) is 32.7 Å². The van der Waals surface area contributed by atoms with E-state index in [1.807, 2.05) is 24.4 Å². The molecule has 5 nitrogen and oxygen atoms in total. The summed E-state index contributed by atoms with van der Waals surface area (Å²) in [5.41, 5.74) is 10.4. The van der Waals surface area contributed by atoms with Crippen LogP contribution in [-0.2, 0) is 12.8 Å². The van der Waals surface area contributed by atoms with Gasteiger partial charge in [0.15, 0.2) is 0 Å². The molecule has 0 bridgehead atoms. The number of nitrogens with zero attached hydrogens (tertiary/aromatic N) is 5. The van der Waals surface area contributed by atoms with Gasteiger partial charge in [0.1, 0.15) is 0 Å². The number of rotatable bonds is 4. The van der Waals surface area contributed by atoms with Crippen LogP contribution in [0.1, 0.15) is 36.2 Å². The van der Waals surface area contributed by atoms with Gasteiger partial charge in [0.25, 0.3) is 0 Å². The first-order valence-corrected chi connectivity index (χ1v) is 12.0. The van der Waals surface area contributed by atoms with Gasteiger partial charge in [-0.2, -0.15) is 0 Å². The predicted molar refractivity (Wildman–Crippen MR) is 136 cm³/mol. The Labute approximate surface area is 195 Å². The van der Waals surface area contributed by atoms with Gasteiger partial charge in [0, 0.05) is 56.9 Å². The van der Waals surface area contributed by atoms with Crippen molar-refractivity contribution in [1.29, 1.82) is 0 Å². The second kappa shape index (κ2) is 8.23. The number of pyridine rings is 1. The molecule has 4 heterocycles. The highest BCUT2D eigenvalue weighted by Gasteiger charge is 2.23. The van der Waals surface area contributed by atoms with E-state index in [9.17, 15) is 0 Å². The number of benzene rings is 2. The highest BCUT2D eigenvalue weighted by atomic mass is 15.3. The van der Waals surface area contributed by atoms with Gasteiger partial charge in [-0.05, 0) is 73.0 Å². The molecule has 0 unspecified atom stereocenters. The van der Waals surface area contributed by atoms with Crippen LogP contribution in [0.3, 0.4) is 0 Å². The Kier molecular flexibility index (Phi) is 5.07. The second-order valence-electron chi connectivity index (χ2n) is 9.46. The van der Waals surface area contributed by atoms with Crippen LogP contribution in [0.2, 0.25) is 0 Å². The van der Waals surface area contributed by atoms with Crippen LogP contribution in [-0.4, -0.2) is 53.5 Å². The van der Waals surface area contributed by atoms with Crippen LogP contribution in [0.25, 0.3) is 0 Å². The first-order chi connectivity index (χ1) is 16.1. The van der Waals surface area contributed by atoms with E-state index in [1.165, 1.54) is 22.4 Å². The smallest absolute Gasteiger partial charge is 0.0848 e. The van der Waals surface area contributed by atoms with Crippen molar-refractivity contribution in [2.24, 2.45) is 9.98 Å². The van der Waals surface area contributed by atoms with Gasteiger partial charge in [-0.15, -0.1) is 0 Å². The molecular weight excluding hydrogens is 406 g/mol. The number of aliphatic imine (C=N–C) groups is 2. The molecule has 0 saturated carbocycles. The van der Waals surface area contributed by atoms with Crippen molar-refractivity contribution in [3.8, 4) is 0 Å². The number of piperazine rings is 1. The third kappa shape index (κ3) is 3.87. The van der Waals surface area contributed by atoms with Crippen LogP contribution in [0, 0.1) is 0 Å². The SMILES string of the molecule is CC(C)N1CCN(c2ccc3c(c2)CC(c2ccc4c(c2)CC(c2ccccn2)=N4)=N3)CC1. The van der Waals surface area contributed by atoms with Crippen molar-refractivity contribution >= 4 is 28.5 Å². The lowest BCUT2D eigenvalue weighted by Crippen LogP contribution is -2.48. The quantitative estimate of drug-likeness (QED) is 0.581. The highest BCUT2D eigenvalue weighted by molar-refractivity contribution is 6.09. The molecule has 2 aromatic carbocycles. The molecule has 1 saturated heterocycles. The maximum Gasteiger partial charge on any atom is 0.0848 e. The summed E-state index contributed by atoms with van der Waals surface area (Å²) in [6, 6.07) is 20.0. The number of aromatic nitrogens is 1. The molecule has 0 radical (unpaired) electrons. The van der Waals surface area contributed by atoms with Crippen LogP contribution >= 0.6 is 0 Å². The monoisotopic (exact) mass is 435 g/mol. The van der Waals surface area contributed by atoms with E-state index in [1.54, 1.807) is 0 Å². The van der Waals surface area contributed by atoms with E-state index in [0.29, 0.717) is 6.04 Å². The Morgan fingerprint density at radius 2 is 1.48 bits per heavy atom. The summed E-state index contributed by atoms with van der Waals surface area (Å²) in [7, 11) is 0. The third-order valence-corrected chi connectivity index (χ3v) is 7.07. The van der Waals surface area contributed by atoms with Gasteiger partial charge in [0.05, 0.1) is 28.5 Å². The van der Waals surface area contributed by atoms with E-state index in [0.717, 1.165) is 67.5 Å². The van der Waals surface area contributed by atoms with Crippen LogP contribution in [0.4, 0.5) is 17.1 Å². The summed E-state index contributed by atoms with van der Waals surface area (Å²) in [6.45, 7) is 9.02. The van der Waals surface area contributed by atoms with Gasteiger partial charge in [0.2, 0.25) is 0 Å². The Morgan fingerprint density at radius 1 is 0.758 bits per heavy atom. The van der Waals surface area contributed by atoms with E-state index >= 15 is 0 Å². The average Bonchev–Trinajstić information content (AvgIpc) is 3.48. The Balaban J connectivity index is 1.17. The van der Waals surface area contributed by atoms with Crippen molar-refractivity contribution in [1.82, 2.24) is 9.88 Å². The van der Waals surface area contributed by atoms with Gasteiger partial charge in [-0.3, -0.25) is 19.9 Å². The minimum absolute atomic E-state index is 0.626. The van der Waals surface area contributed by atoms with Crippen molar-refractivity contribution in [3.05, 3.63) is 83.2 Å². The second-order valence-corrected chi connectivity index (χ2v) is 9.46. The van der Waals surface area contributed by atoms with E-state index in [-0.39, 0.29) is 0 Å². The molecule has 5 heteroatoms. The maximum atomic E-state index is 4.99. The van der Waals surface area contributed by atoms with Crippen LogP contribution in [0.5, 0.6) is 0 Å². The molecular formula is C28H29N5. The molecule has 3 aromatic rings. The molecule has 166 valence electrons. The fraction of sp³-hybridized carbons (Fsp3) is 0.321. The number of hydrogen-bond donors (Lipinski definition) is 0. The first-order valence-electron chi connectivity index (χ1n) is 12.0. The minimum Gasteiger partial charge on any atom is -0.369 e. The zero-order valence-corrected chi connectivity index (χ0v) is 19.3. The van der Waals surface area contributed by atoms with Crippen molar-refractivity contribution in [2.75, 3.05) is 31.1 Å². The number of hydrogen-bond acceptors (Lipinski definition) is 5. The molecule has 3 aliphatic rings. The molecule has 3 aliphatic heterocycles. The highest BCUT2D eigenvalue weighted by Crippen LogP contribution is 2.35. The van der Waals surface area contributed by atoms with E-state index in [2.05, 4.69) is 65.0 Å². The van der Waals surface area contributed by atoms with Crippen LogP contribution in [0.15, 0.2) is 70.8 Å². The molecule has 33 heavy (non-hydrogen) atoms. The lowest BCUT2D eigenvalue weighted by Gasteiger charge is -2.38. The molecule has 0 amide bonds. The Bertz CT molecular complexity index is 1250. The summed E-state index contributed by atoms with van der Waals surface area (Å²) in [4.78, 5) is 19.3. The molecule has 6 rings (SSSR count). The predicted octanol–water partition coefficient (Wildman–Crippen LogP) is 4.97. The molecule has 0 aliphatic carbocycles. The number of anilines is 1. The van der Waals surface area contributed by atoms with Crippen LogP contribution < -0.4 is 4.90 Å². The summed E-state index contributed by atoms with van der Waals surface area (Å²) in [5, 5.41) is 0. The van der Waals surface area contributed by atoms with Gasteiger partial charge >= 0.3 is 0 Å². The Morgan fingerprint density at radius 3 is 2.24 bits per heavy atom. The van der Waals surface area contributed by atoms with E-state index in [4.69, 9.17) is 9.98 Å². The van der Waals surface area contributed by atoms with Gasteiger partial charge in [-0.1, -0.05) is 12.1 Å². The minimum atomic E-state index is 0.626. The zero-order chi connectivity index (χ0) is 22.4. The number of fused-ring (bicyclic) bond motifs is 2.